The average Bonchev–Trinajstić information content (AvgIpc) is 3.22. The van der Waals surface area contributed by atoms with Gasteiger partial charge in [-0.25, -0.2) is 0 Å². The summed E-state index contributed by atoms with van der Waals surface area (Å²) in [5.41, 5.74) is 0.821. The second kappa shape index (κ2) is 6.10. The van der Waals surface area contributed by atoms with Gasteiger partial charge in [0.05, 0.1) is 6.54 Å². The molecule has 3 rings (SSSR count). The first-order chi connectivity index (χ1) is 10.9. The van der Waals surface area contributed by atoms with Crippen LogP contribution < -0.4 is 20.1 Å². The number of rotatable bonds is 6. The largest absolute Gasteiger partial charge is 0.483 e. The van der Waals surface area contributed by atoms with Gasteiger partial charge in [0.2, 0.25) is 5.91 Å². The van der Waals surface area contributed by atoms with Crippen LogP contribution in [-0.2, 0) is 16.0 Å². The molecule has 23 heavy (non-hydrogen) atoms. The average molecular weight is 318 g/mol. The van der Waals surface area contributed by atoms with Crippen molar-refractivity contribution in [2.75, 3.05) is 13.2 Å². The summed E-state index contributed by atoms with van der Waals surface area (Å²) in [6, 6.07) is 5.97. The second-order valence-corrected chi connectivity index (χ2v) is 6.69. The molecule has 1 aromatic carbocycles. The molecule has 1 heterocycles. The van der Waals surface area contributed by atoms with Crippen molar-refractivity contribution in [2.45, 2.75) is 44.8 Å². The smallest absolute Gasteiger partial charge is 0.258 e. The fraction of sp³-hybridized carbons (Fsp3) is 0.529. The summed E-state index contributed by atoms with van der Waals surface area (Å²) < 4.78 is 11.4. The molecule has 1 saturated carbocycles. The van der Waals surface area contributed by atoms with Crippen LogP contribution in [0, 0.1) is 0 Å². The third-order valence-electron chi connectivity index (χ3n) is 3.80. The predicted octanol–water partition coefficient (Wildman–Crippen LogP) is 1.17. The molecule has 2 aliphatic rings. The number of benzene rings is 1. The maximum atomic E-state index is 11.8. The van der Waals surface area contributed by atoms with Crippen LogP contribution in [0.4, 0.5) is 0 Å². The van der Waals surface area contributed by atoms with Gasteiger partial charge in [-0.2, -0.15) is 0 Å². The van der Waals surface area contributed by atoms with E-state index in [1.54, 1.807) is 6.07 Å². The zero-order valence-electron chi connectivity index (χ0n) is 13.5. The lowest BCUT2D eigenvalue weighted by molar-refractivity contribution is -0.127. The molecule has 0 aromatic heterocycles. The highest BCUT2D eigenvalue weighted by molar-refractivity contribution is 5.85. The van der Waals surface area contributed by atoms with Crippen LogP contribution in [0.2, 0.25) is 0 Å². The summed E-state index contributed by atoms with van der Waals surface area (Å²) in [6.45, 7) is 3.87. The Kier molecular flexibility index (Phi) is 4.15. The number of amides is 2. The van der Waals surface area contributed by atoms with Gasteiger partial charge in [-0.1, -0.05) is 12.1 Å². The van der Waals surface area contributed by atoms with Gasteiger partial charge in [-0.05, 0) is 32.8 Å². The Balaban J connectivity index is 1.48. The van der Waals surface area contributed by atoms with Crippen molar-refractivity contribution in [1.82, 2.24) is 10.6 Å². The number of hydrogen-bond donors (Lipinski definition) is 2. The Morgan fingerprint density at radius 1 is 1.30 bits per heavy atom. The van der Waals surface area contributed by atoms with Crippen molar-refractivity contribution in [2.24, 2.45) is 0 Å². The van der Waals surface area contributed by atoms with Crippen LogP contribution in [-0.4, -0.2) is 36.6 Å². The Morgan fingerprint density at radius 2 is 2.09 bits per heavy atom. The maximum absolute atomic E-state index is 11.8. The number of carbonyl (C=O) groups excluding carboxylic acids is 2. The van der Waals surface area contributed by atoms with E-state index in [0.29, 0.717) is 17.5 Å². The summed E-state index contributed by atoms with van der Waals surface area (Å²) in [4.78, 5) is 23.3. The summed E-state index contributed by atoms with van der Waals surface area (Å²) in [6.07, 6.45) is 2.86. The third-order valence-corrected chi connectivity index (χ3v) is 3.80. The highest BCUT2D eigenvalue weighted by atomic mass is 16.5. The SMILES string of the molecule is CC1(C)Cc2cccc(OCC(=O)NCC(=O)NC3CC3)c2O1. The van der Waals surface area contributed by atoms with E-state index >= 15 is 0 Å². The van der Waals surface area contributed by atoms with Crippen LogP contribution >= 0.6 is 0 Å². The number of carbonyl (C=O) groups is 2. The molecule has 124 valence electrons. The molecule has 1 fully saturated rings. The summed E-state index contributed by atoms with van der Waals surface area (Å²) in [7, 11) is 0. The van der Waals surface area contributed by atoms with Crippen molar-refractivity contribution in [1.29, 1.82) is 0 Å². The first-order valence-corrected chi connectivity index (χ1v) is 7.93. The van der Waals surface area contributed by atoms with E-state index in [0.717, 1.165) is 24.8 Å². The van der Waals surface area contributed by atoms with Crippen LogP contribution in [0.25, 0.3) is 0 Å². The molecule has 0 spiro atoms. The van der Waals surface area contributed by atoms with E-state index in [2.05, 4.69) is 10.6 Å². The number of fused-ring (bicyclic) bond motifs is 1. The normalized spacial score (nSPS) is 17.8. The lowest BCUT2D eigenvalue weighted by Crippen LogP contribution is -2.39. The first-order valence-electron chi connectivity index (χ1n) is 7.93. The van der Waals surface area contributed by atoms with E-state index in [1.165, 1.54) is 0 Å². The zero-order chi connectivity index (χ0) is 16.4. The molecule has 0 atom stereocenters. The lowest BCUT2D eigenvalue weighted by Gasteiger charge is -2.18. The van der Waals surface area contributed by atoms with E-state index in [1.807, 2.05) is 26.0 Å². The van der Waals surface area contributed by atoms with Gasteiger partial charge in [0.1, 0.15) is 5.60 Å². The molecule has 0 saturated heterocycles. The third kappa shape index (κ3) is 4.15. The van der Waals surface area contributed by atoms with Gasteiger partial charge in [-0.3, -0.25) is 9.59 Å². The monoisotopic (exact) mass is 318 g/mol. The number of ether oxygens (including phenoxy) is 2. The van der Waals surface area contributed by atoms with Crippen LogP contribution in [0.3, 0.4) is 0 Å². The molecule has 1 aromatic rings. The van der Waals surface area contributed by atoms with Crippen molar-refractivity contribution >= 4 is 11.8 Å². The minimum atomic E-state index is -0.328. The Labute approximate surface area is 135 Å². The number of para-hydroxylation sites is 1. The molecule has 6 nitrogen and oxygen atoms in total. The summed E-state index contributed by atoms with van der Waals surface area (Å²) >= 11 is 0. The Hall–Kier alpha value is -2.24. The van der Waals surface area contributed by atoms with E-state index in [-0.39, 0.29) is 30.6 Å². The number of hydrogen-bond acceptors (Lipinski definition) is 4. The van der Waals surface area contributed by atoms with E-state index in [4.69, 9.17) is 9.47 Å². The molecule has 1 aliphatic heterocycles. The minimum Gasteiger partial charge on any atom is -0.483 e. The van der Waals surface area contributed by atoms with Crippen molar-refractivity contribution in [3.8, 4) is 11.5 Å². The highest BCUT2D eigenvalue weighted by Gasteiger charge is 2.32. The van der Waals surface area contributed by atoms with Crippen LogP contribution in [0.1, 0.15) is 32.3 Å². The summed E-state index contributed by atoms with van der Waals surface area (Å²) in [5.74, 6) is 0.778. The zero-order valence-corrected chi connectivity index (χ0v) is 13.5. The van der Waals surface area contributed by atoms with Crippen molar-refractivity contribution in [3.63, 3.8) is 0 Å². The standard InChI is InChI=1S/C17H22N2O4/c1-17(2)8-11-4-3-5-13(16(11)23-17)22-10-15(21)18-9-14(20)19-12-6-7-12/h3-5,12H,6-10H2,1-2H3,(H,18,21)(H,19,20). The quantitative estimate of drug-likeness (QED) is 0.825. The van der Waals surface area contributed by atoms with Crippen molar-refractivity contribution in [3.05, 3.63) is 23.8 Å². The molecular weight excluding hydrogens is 296 g/mol. The topological polar surface area (TPSA) is 76.7 Å². The van der Waals surface area contributed by atoms with Gasteiger partial charge >= 0.3 is 0 Å². The van der Waals surface area contributed by atoms with E-state index < -0.39 is 0 Å². The molecular formula is C17H22N2O4. The van der Waals surface area contributed by atoms with Crippen molar-refractivity contribution < 1.29 is 19.1 Å². The Bertz CT molecular complexity index is 623. The molecule has 2 N–H and O–H groups in total. The Morgan fingerprint density at radius 3 is 2.83 bits per heavy atom. The summed E-state index contributed by atoms with van der Waals surface area (Å²) in [5, 5.41) is 5.36. The molecule has 1 aliphatic carbocycles. The van der Waals surface area contributed by atoms with Gasteiger partial charge in [0.25, 0.3) is 5.91 Å². The van der Waals surface area contributed by atoms with Gasteiger partial charge in [0.15, 0.2) is 18.1 Å². The molecule has 0 bridgehead atoms. The molecule has 6 heteroatoms. The van der Waals surface area contributed by atoms with Gasteiger partial charge < -0.3 is 20.1 Å². The van der Waals surface area contributed by atoms with Crippen LogP contribution in [0.5, 0.6) is 11.5 Å². The fourth-order valence-electron chi connectivity index (χ4n) is 2.58. The number of nitrogens with one attached hydrogen (secondary N) is 2. The second-order valence-electron chi connectivity index (χ2n) is 6.69. The molecule has 0 unspecified atom stereocenters. The lowest BCUT2D eigenvalue weighted by atomic mass is 10.0. The van der Waals surface area contributed by atoms with E-state index in [9.17, 15) is 9.59 Å². The maximum Gasteiger partial charge on any atom is 0.258 e. The minimum absolute atomic E-state index is 0.0187. The highest BCUT2D eigenvalue weighted by Crippen LogP contribution is 2.41. The predicted molar refractivity (Wildman–Crippen MR) is 84.5 cm³/mol. The molecule has 2 amide bonds. The fourth-order valence-corrected chi connectivity index (χ4v) is 2.58. The van der Waals surface area contributed by atoms with Gasteiger partial charge in [-0.15, -0.1) is 0 Å². The first kappa shape index (κ1) is 15.6. The van der Waals surface area contributed by atoms with Gasteiger partial charge in [0, 0.05) is 18.0 Å². The molecule has 0 radical (unpaired) electrons. The van der Waals surface area contributed by atoms with Crippen LogP contribution in [0.15, 0.2) is 18.2 Å².